The third-order valence-corrected chi connectivity index (χ3v) is 6.14. The number of nitrogens with one attached hydrogen (secondary N) is 1. The Morgan fingerprint density at radius 2 is 1.15 bits per heavy atom. The molecule has 1 rings (SSSR count). The average molecular weight is 368 g/mol. The maximum absolute atomic E-state index is 10.1. The molecule has 156 valence electrons. The highest BCUT2D eigenvalue weighted by Crippen LogP contribution is 2.17. The van der Waals surface area contributed by atoms with Crippen LogP contribution in [0.2, 0.25) is 0 Å². The lowest BCUT2D eigenvalue weighted by Gasteiger charge is -2.24. The van der Waals surface area contributed by atoms with E-state index < -0.39 is 0 Å². The lowest BCUT2D eigenvalue weighted by molar-refractivity contribution is 0.150. The summed E-state index contributed by atoms with van der Waals surface area (Å²) in [6.07, 6.45) is 27.2. The molecule has 0 spiro atoms. The van der Waals surface area contributed by atoms with E-state index in [1.54, 1.807) is 0 Å². The van der Waals surface area contributed by atoms with E-state index >= 15 is 0 Å². The van der Waals surface area contributed by atoms with Crippen LogP contribution in [0.15, 0.2) is 0 Å². The molecule has 1 saturated carbocycles. The summed E-state index contributed by atoms with van der Waals surface area (Å²) in [6, 6.07) is 0.676. The molecule has 2 heteroatoms. The van der Waals surface area contributed by atoms with Crippen molar-refractivity contribution in [1.82, 2.24) is 5.32 Å². The van der Waals surface area contributed by atoms with Gasteiger partial charge in [0, 0.05) is 12.6 Å². The molecule has 0 aliphatic heterocycles. The van der Waals surface area contributed by atoms with E-state index in [9.17, 15) is 5.11 Å². The maximum Gasteiger partial charge on any atom is 0.0664 e. The van der Waals surface area contributed by atoms with Crippen molar-refractivity contribution in [3.05, 3.63) is 0 Å². The van der Waals surface area contributed by atoms with Crippen molar-refractivity contribution < 1.29 is 5.11 Å². The zero-order valence-corrected chi connectivity index (χ0v) is 18.0. The molecule has 0 heterocycles. The van der Waals surface area contributed by atoms with Crippen LogP contribution in [0.3, 0.4) is 0 Å². The third-order valence-electron chi connectivity index (χ3n) is 6.14. The molecule has 2 nitrogen and oxygen atoms in total. The third kappa shape index (κ3) is 15.0. The first kappa shape index (κ1) is 24.0. The van der Waals surface area contributed by atoms with Crippen LogP contribution in [0.25, 0.3) is 0 Å². The highest BCUT2D eigenvalue weighted by molar-refractivity contribution is 4.73. The van der Waals surface area contributed by atoms with Crippen molar-refractivity contribution >= 4 is 0 Å². The highest BCUT2D eigenvalue weighted by atomic mass is 16.3. The molecule has 0 saturated heterocycles. The smallest absolute Gasteiger partial charge is 0.0664 e. The van der Waals surface area contributed by atoms with Gasteiger partial charge < -0.3 is 10.4 Å². The minimum absolute atomic E-state index is 0.130. The summed E-state index contributed by atoms with van der Waals surface area (Å²) in [7, 11) is 0. The SMILES string of the molecule is CCCCCCCCCCCCCCCCC(O)CNC1CCCCC1. The van der Waals surface area contributed by atoms with Crippen LogP contribution in [-0.4, -0.2) is 23.8 Å². The van der Waals surface area contributed by atoms with Gasteiger partial charge in [-0.1, -0.05) is 116 Å². The summed E-state index contributed by atoms with van der Waals surface area (Å²) >= 11 is 0. The van der Waals surface area contributed by atoms with Gasteiger partial charge in [0.25, 0.3) is 0 Å². The van der Waals surface area contributed by atoms with Crippen LogP contribution >= 0.6 is 0 Å². The van der Waals surface area contributed by atoms with E-state index in [0.717, 1.165) is 13.0 Å². The molecule has 1 unspecified atom stereocenters. The van der Waals surface area contributed by atoms with Gasteiger partial charge in [-0.15, -0.1) is 0 Å². The second-order valence-electron chi connectivity index (χ2n) is 8.78. The van der Waals surface area contributed by atoms with Crippen molar-refractivity contribution in [2.24, 2.45) is 0 Å². The fourth-order valence-electron chi connectivity index (χ4n) is 4.29. The monoisotopic (exact) mass is 367 g/mol. The van der Waals surface area contributed by atoms with Crippen LogP contribution in [0.4, 0.5) is 0 Å². The molecule has 0 bridgehead atoms. The first-order valence-corrected chi connectivity index (χ1v) is 12.2. The number of aliphatic hydroxyl groups is 1. The Kier molecular flexibility index (Phi) is 16.9. The molecule has 0 aromatic heterocycles. The van der Waals surface area contributed by atoms with Gasteiger partial charge in [0.15, 0.2) is 0 Å². The highest BCUT2D eigenvalue weighted by Gasteiger charge is 2.13. The molecule has 0 radical (unpaired) electrons. The van der Waals surface area contributed by atoms with Crippen LogP contribution in [0, 0.1) is 0 Å². The van der Waals surface area contributed by atoms with Crippen molar-refractivity contribution in [2.75, 3.05) is 6.54 Å². The summed E-state index contributed by atoms with van der Waals surface area (Å²) in [5, 5.41) is 13.7. The van der Waals surface area contributed by atoms with Gasteiger partial charge in [0.1, 0.15) is 0 Å². The van der Waals surface area contributed by atoms with Crippen LogP contribution in [-0.2, 0) is 0 Å². The fraction of sp³-hybridized carbons (Fsp3) is 1.00. The quantitative estimate of drug-likeness (QED) is 0.252. The first-order chi connectivity index (χ1) is 12.8. The molecular weight excluding hydrogens is 318 g/mol. The largest absolute Gasteiger partial charge is 0.392 e. The van der Waals surface area contributed by atoms with E-state index in [0.29, 0.717) is 6.04 Å². The lowest BCUT2D eigenvalue weighted by atomic mass is 9.95. The Morgan fingerprint density at radius 1 is 0.692 bits per heavy atom. The zero-order valence-electron chi connectivity index (χ0n) is 18.0. The number of unbranched alkanes of at least 4 members (excludes halogenated alkanes) is 13. The minimum atomic E-state index is -0.130. The maximum atomic E-state index is 10.1. The molecule has 1 aliphatic carbocycles. The molecule has 1 fully saturated rings. The van der Waals surface area contributed by atoms with Crippen molar-refractivity contribution in [2.45, 2.75) is 147 Å². The normalized spacial score (nSPS) is 16.8. The van der Waals surface area contributed by atoms with Gasteiger partial charge in [0.2, 0.25) is 0 Å². The lowest BCUT2D eigenvalue weighted by Crippen LogP contribution is -2.36. The predicted molar refractivity (Wildman–Crippen MR) is 116 cm³/mol. The van der Waals surface area contributed by atoms with Crippen LogP contribution < -0.4 is 5.32 Å². The summed E-state index contributed by atoms with van der Waals surface area (Å²) < 4.78 is 0. The van der Waals surface area contributed by atoms with Crippen molar-refractivity contribution in [3.63, 3.8) is 0 Å². The molecule has 0 aromatic carbocycles. The molecule has 1 atom stereocenters. The fourth-order valence-corrected chi connectivity index (χ4v) is 4.29. The molecule has 26 heavy (non-hydrogen) atoms. The van der Waals surface area contributed by atoms with Crippen LogP contribution in [0.5, 0.6) is 0 Å². The topological polar surface area (TPSA) is 32.3 Å². The zero-order chi connectivity index (χ0) is 18.7. The molecule has 0 aromatic rings. The second kappa shape index (κ2) is 18.3. The Hall–Kier alpha value is -0.0800. The van der Waals surface area contributed by atoms with Crippen LogP contribution in [0.1, 0.15) is 135 Å². The Morgan fingerprint density at radius 3 is 1.65 bits per heavy atom. The molecular formula is C24H49NO. The van der Waals surface area contributed by atoms with E-state index in [1.807, 2.05) is 0 Å². The van der Waals surface area contributed by atoms with Gasteiger partial charge in [-0.05, 0) is 19.3 Å². The van der Waals surface area contributed by atoms with Gasteiger partial charge >= 0.3 is 0 Å². The van der Waals surface area contributed by atoms with E-state index in [4.69, 9.17) is 0 Å². The summed E-state index contributed by atoms with van der Waals surface area (Å²) in [6.45, 7) is 3.10. The van der Waals surface area contributed by atoms with Crippen molar-refractivity contribution in [3.8, 4) is 0 Å². The van der Waals surface area contributed by atoms with E-state index in [2.05, 4.69) is 12.2 Å². The predicted octanol–water partition coefficient (Wildman–Crippen LogP) is 7.14. The summed E-state index contributed by atoms with van der Waals surface area (Å²) in [4.78, 5) is 0. The Labute approximate surface area is 164 Å². The molecule has 0 amide bonds. The van der Waals surface area contributed by atoms with Gasteiger partial charge in [-0.25, -0.2) is 0 Å². The van der Waals surface area contributed by atoms with E-state index in [-0.39, 0.29) is 6.10 Å². The Bertz CT molecular complexity index is 275. The van der Waals surface area contributed by atoms with Gasteiger partial charge in [-0.3, -0.25) is 0 Å². The Balaban J connectivity index is 1.73. The van der Waals surface area contributed by atoms with Gasteiger partial charge in [0.05, 0.1) is 6.10 Å². The van der Waals surface area contributed by atoms with E-state index in [1.165, 1.54) is 122 Å². The van der Waals surface area contributed by atoms with Gasteiger partial charge in [-0.2, -0.15) is 0 Å². The summed E-state index contributed by atoms with van der Waals surface area (Å²) in [5.41, 5.74) is 0. The number of rotatable bonds is 18. The number of hydrogen-bond acceptors (Lipinski definition) is 2. The standard InChI is InChI=1S/C24H49NO/c1-2-3-4-5-6-7-8-9-10-11-12-13-14-18-21-24(26)22-25-23-19-16-15-17-20-23/h23-26H,2-22H2,1H3. The first-order valence-electron chi connectivity index (χ1n) is 12.2. The number of hydrogen-bond donors (Lipinski definition) is 2. The average Bonchev–Trinajstić information content (AvgIpc) is 2.67. The number of aliphatic hydroxyl groups excluding tert-OH is 1. The second-order valence-corrected chi connectivity index (χ2v) is 8.78. The molecule has 2 N–H and O–H groups in total. The minimum Gasteiger partial charge on any atom is -0.392 e. The summed E-state index contributed by atoms with van der Waals surface area (Å²) in [5.74, 6) is 0. The van der Waals surface area contributed by atoms with Crippen molar-refractivity contribution in [1.29, 1.82) is 0 Å². The molecule has 1 aliphatic rings.